The zero-order chi connectivity index (χ0) is 12.0. The van der Waals surface area contributed by atoms with E-state index in [1.54, 1.807) is 0 Å². The molecule has 0 radical (unpaired) electrons. The summed E-state index contributed by atoms with van der Waals surface area (Å²) >= 11 is 5.67. The highest BCUT2D eigenvalue weighted by Crippen LogP contribution is 2.08. The van der Waals surface area contributed by atoms with Gasteiger partial charge in [0.1, 0.15) is 17.3 Å². The third kappa shape index (κ3) is 4.55. The quantitative estimate of drug-likeness (QED) is 0.767. The van der Waals surface area contributed by atoms with Gasteiger partial charge in [-0.1, -0.05) is 18.5 Å². The van der Waals surface area contributed by atoms with Crippen molar-refractivity contribution >= 4 is 23.3 Å². The Morgan fingerprint density at radius 1 is 1.56 bits per heavy atom. The molecule has 0 aliphatic heterocycles. The fourth-order valence-corrected chi connectivity index (χ4v) is 1.44. The highest BCUT2D eigenvalue weighted by molar-refractivity contribution is 6.29. The van der Waals surface area contributed by atoms with Crippen LogP contribution in [0.25, 0.3) is 0 Å². The first kappa shape index (κ1) is 12.9. The van der Waals surface area contributed by atoms with Gasteiger partial charge in [0.15, 0.2) is 0 Å². The number of amides is 1. The monoisotopic (exact) mass is 242 g/mol. The third-order valence-corrected chi connectivity index (χ3v) is 2.15. The van der Waals surface area contributed by atoms with Gasteiger partial charge in [-0.25, -0.2) is 9.97 Å². The number of nitrogens with zero attached hydrogens (tertiary/aromatic N) is 2. The lowest BCUT2D eigenvalue weighted by atomic mass is 10.2. The van der Waals surface area contributed by atoms with Crippen molar-refractivity contribution in [3.05, 3.63) is 17.5 Å². The van der Waals surface area contributed by atoms with Crippen LogP contribution in [0.2, 0.25) is 5.15 Å². The number of carbonyl (C=O) groups excluding carboxylic acids is 1. The smallest absolute Gasteiger partial charge is 0.227 e. The van der Waals surface area contributed by atoms with Gasteiger partial charge in [-0.2, -0.15) is 0 Å². The van der Waals surface area contributed by atoms with E-state index in [-0.39, 0.29) is 11.9 Å². The van der Waals surface area contributed by atoms with E-state index < -0.39 is 0 Å². The summed E-state index contributed by atoms with van der Waals surface area (Å²) in [6, 6.07) is 1.65. The second-order valence-corrected chi connectivity index (χ2v) is 3.82. The van der Waals surface area contributed by atoms with Crippen LogP contribution in [0.5, 0.6) is 0 Å². The number of hydrogen-bond acceptors (Lipinski definition) is 4. The molecule has 1 atom stereocenters. The van der Waals surface area contributed by atoms with E-state index in [1.165, 1.54) is 12.4 Å². The predicted octanol–water partition coefficient (Wildman–Crippen LogP) is 1.46. The van der Waals surface area contributed by atoms with Crippen LogP contribution in [0.15, 0.2) is 12.4 Å². The Hall–Kier alpha value is -1.20. The maximum absolute atomic E-state index is 11.6. The lowest BCUT2D eigenvalue weighted by molar-refractivity contribution is -0.116. The molecule has 0 aliphatic rings. The summed E-state index contributed by atoms with van der Waals surface area (Å²) in [5.74, 6) is 0.330. The highest BCUT2D eigenvalue weighted by atomic mass is 35.5. The van der Waals surface area contributed by atoms with Crippen molar-refractivity contribution in [3.8, 4) is 0 Å². The Bertz CT molecular complexity index is 358. The molecule has 1 rings (SSSR count). The first-order valence-corrected chi connectivity index (χ1v) is 5.50. The lowest BCUT2D eigenvalue weighted by Crippen LogP contribution is -2.30. The topological polar surface area (TPSA) is 66.9 Å². The Morgan fingerprint density at radius 3 is 2.94 bits per heavy atom. The number of carbonyl (C=O) groups is 1. The molecule has 0 aliphatic carbocycles. The first-order valence-electron chi connectivity index (χ1n) is 5.12. The zero-order valence-electron chi connectivity index (χ0n) is 9.33. The van der Waals surface area contributed by atoms with Crippen LogP contribution in [-0.4, -0.2) is 28.5 Å². The molecule has 2 N–H and O–H groups in total. The molecule has 1 aromatic heterocycles. The van der Waals surface area contributed by atoms with Crippen molar-refractivity contribution in [1.29, 1.82) is 0 Å². The number of nitrogens with one attached hydrogen (secondary N) is 2. The molecular formula is C10H15ClN4O. The summed E-state index contributed by atoms with van der Waals surface area (Å²) in [4.78, 5) is 19.2. The molecule has 6 heteroatoms. The van der Waals surface area contributed by atoms with Gasteiger partial charge in [0.2, 0.25) is 5.91 Å². The van der Waals surface area contributed by atoms with E-state index in [9.17, 15) is 4.79 Å². The Morgan fingerprint density at radius 2 is 2.31 bits per heavy atom. The normalized spacial score (nSPS) is 12.2. The molecule has 1 amide bonds. The molecule has 1 heterocycles. The fourth-order valence-electron chi connectivity index (χ4n) is 1.29. The first-order chi connectivity index (χ1) is 7.61. The maximum Gasteiger partial charge on any atom is 0.227 e. The van der Waals surface area contributed by atoms with Crippen molar-refractivity contribution in [3.63, 3.8) is 0 Å². The van der Waals surface area contributed by atoms with Crippen LogP contribution >= 0.6 is 11.6 Å². The summed E-state index contributed by atoms with van der Waals surface area (Å²) in [6.07, 6.45) is 1.71. The molecule has 0 bridgehead atoms. The van der Waals surface area contributed by atoms with Crippen molar-refractivity contribution in [2.75, 3.05) is 11.9 Å². The summed E-state index contributed by atoms with van der Waals surface area (Å²) < 4.78 is 0. The van der Waals surface area contributed by atoms with Crippen molar-refractivity contribution in [2.24, 2.45) is 0 Å². The number of aromatic nitrogens is 2. The molecule has 88 valence electrons. The second-order valence-electron chi connectivity index (χ2n) is 3.44. The molecule has 5 nitrogen and oxygen atoms in total. The van der Waals surface area contributed by atoms with E-state index in [1.807, 2.05) is 13.8 Å². The molecule has 0 spiro atoms. The second kappa shape index (κ2) is 6.40. The van der Waals surface area contributed by atoms with E-state index >= 15 is 0 Å². The zero-order valence-corrected chi connectivity index (χ0v) is 10.1. The van der Waals surface area contributed by atoms with Gasteiger partial charge < -0.3 is 10.6 Å². The molecule has 0 saturated heterocycles. The van der Waals surface area contributed by atoms with Crippen molar-refractivity contribution in [2.45, 2.75) is 26.3 Å². The molecule has 0 aromatic carbocycles. The minimum absolute atomic E-state index is 0.0942. The van der Waals surface area contributed by atoms with Gasteiger partial charge in [-0.05, 0) is 13.5 Å². The average Bonchev–Trinajstić information content (AvgIpc) is 2.17. The lowest BCUT2D eigenvalue weighted by Gasteiger charge is -2.11. The van der Waals surface area contributed by atoms with E-state index in [0.29, 0.717) is 17.4 Å². The summed E-state index contributed by atoms with van der Waals surface area (Å²) in [7, 11) is 0. The fraction of sp³-hybridized carbons (Fsp3) is 0.500. The van der Waals surface area contributed by atoms with Gasteiger partial charge in [0, 0.05) is 18.5 Å². The number of anilines is 1. The molecule has 1 aromatic rings. The number of rotatable bonds is 5. The number of hydrogen-bond donors (Lipinski definition) is 2. The summed E-state index contributed by atoms with van der Waals surface area (Å²) in [6.45, 7) is 4.79. The van der Waals surface area contributed by atoms with Crippen LogP contribution in [0.3, 0.4) is 0 Å². The molecular weight excluding hydrogens is 228 g/mol. The van der Waals surface area contributed by atoms with Crippen molar-refractivity contribution in [1.82, 2.24) is 15.3 Å². The molecule has 0 fully saturated rings. The average molecular weight is 243 g/mol. The minimum Gasteiger partial charge on any atom is -0.314 e. The summed E-state index contributed by atoms with van der Waals surface area (Å²) in [5, 5.41) is 6.12. The van der Waals surface area contributed by atoms with E-state index in [4.69, 9.17) is 11.6 Å². The van der Waals surface area contributed by atoms with Gasteiger partial charge >= 0.3 is 0 Å². The predicted molar refractivity (Wildman–Crippen MR) is 63.4 cm³/mol. The third-order valence-electron chi connectivity index (χ3n) is 1.95. The summed E-state index contributed by atoms with van der Waals surface area (Å²) in [5.41, 5.74) is 0. The Kier molecular flexibility index (Phi) is 5.14. The van der Waals surface area contributed by atoms with Gasteiger partial charge in [0.05, 0.1) is 0 Å². The molecule has 0 saturated carbocycles. The molecule has 1 unspecified atom stereocenters. The Balaban J connectivity index is 2.45. The Labute approximate surface area is 99.6 Å². The number of halogens is 1. The van der Waals surface area contributed by atoms with Gasteiger partial charge in [0.25, 0.3) is 0 Å². The van der Waals surface area contributed by atoms with E-state index in [2.05, 4.69) is 20.6 Å². The SMILES string of the molecule is CCNC(C)CC(=O)Nc1cc(Cl)ncn1. The van der Waals surface area contributed by atoms with Crippen LogP contribution in [0.1, 0.15) is 20.3 Å². The van der Waals surface area contributed by atoms with E-state index in [0.717, 1.165) is 6.54 Å². The highest BCUT2D eigenvalue weighted by Gasteiger charge is 2.08. The largest absolute Gasteiger partial charge is 0.314 e. The van der Waals surface area contributed by atoms with Crippen LogP contribution in [0.4, 0.5) is 5.82 Å². The standard InChI is InChI=1S/C10H15ClN4O/c1-3-12-7(2)4-10(16)15-9-5-8(11)13-6-14-9/h5-7,12H,3-4H2,1-2H3,(H,13,14,15,16). The molecule has 16 heavy (non-hydrogen) atoms. The van der Waals surface area contributed by atoms with Crippen LogP contribution in [-0.2, 0) is 4.79 Å². The maximum atomic E-state index is 11.6. The minimum atomic E-state index is -0.0942. The van der Waals surface area contributed by atoms with Crippen LogP contribution < -0.4 is 10.6 Å². The van der Waals surface area contributed by atoms with Crippen molar-refractivity contribution < 1.29 is 4.79 Å². The van der Waals surface area contributed by atoms with Gasteiger partial charge in [-0.3, -0.25) is 4.79 Å². The van der Waals surface area contributed by atoms with Gasteiger partial charge in [-0.15, -0.1) is 0 Å². The van der Waals surface area contributed by atoms with Crippen LogP contribution in [0, 0.1) is 0 Å².